The Morgan fingerprint density at radius 3 is 2.19 bits per heavy atom. The van der Waals surface area contributed by atoms with Crippen molar-refractivity contribution >= 4 is 12.1 Å². The molecule has 9 heteroatoms. The molecule has 0 aliphatic carbocycles. The van der Waals surface area contributed by atoms with Crippen LogP contribution in [0, 0.1) is 11.3 Å². The molecule has 1 heterocycles. The number of alkyl halides is 3. The zero-order chi connectivity index (χ0) is 16.6. The number of hydrogen-bond acceptors (Lipinski definition) is 5. The number of esters is 1. The molecule has 0 spiro atoms. The number of carbonyl (C=O) groups excluding carboxylic acids is 2. The van der Waals surface area contributed by atoms with Crippen molar-refractivity contribution in [3.8, 4) is 6.07 Å². The maximum Gasteiger partial charge on any atom is 0.426 e. The lowest BCUT2D eigenvalue weighted by atomic mass is 10.1. The Labute approximate surface area is 119 Å². The third kappa shape index (κ3) is 2.75. The van der Waals surface area contributed by atoms with E-state index in [1.807, 2.05) is 0 Å². The molecule has 0 aromatic carbocycles. The summed E-state index contributed by atoms with van der Waals surface area (Å²) in [4.78, 5) is 23.6. The van der Waals surface area contributed by atoms with Crippen LogP contribution in [-0.2, 0) is 14.3 Å². The molecule has 2 atom stereocenters. The van der Waals surface area contributed by atoms with E-state index in [2.05, 4.69) is 4.74 Å². The zero-order valence-electron chi connectivity index (χ0n) is 11.9. The van der Waals surface area contributed by atoms with Crippen molar-refractivity contribution in [1.29, 1.82) is 5.26 Å². The van der Waals surface area contributed by atoms with Gasteiger partial charge in [0.25, 0.3) is 5.54 Å². The van der Waals surface area contributed by atoms with Gasteiger partial charge in [-0.25, -0.2) is 9.59 Å². The highest BCUT2D eigenvalue weighted by Gasteiger charge is 2.86. The van der Waals surface area contributed by atoms with Crippen LogP contribution < -0.4 is 0 Å². The normalized spacial score (nSPS) is 25.0. The third-order valence-corrected chi connectivity index (χ3v) is 2.70. The summed E-state index contributed by atoms with van der Waals surface area (Å²) in [5, 5.41) is 8.83. The van der Waals surface area contributed by atoms with Crippen molar-refractivity contribution < 1.29 is 32.2 Å². The van der Waals surface area contributed by atoms with Gasteiger partial charge in [-0.2, -0.15) is 18.4 Å². The van der Waals surface area contributed by atoms with Crippen LogP contribution in [-0.4, -0.2) is 46.9 Å². The first-order chi connectivity index (χ1) is 9.43. The predicted octanol–water partition coefficient (Wildman–Crippen LogP) is 1.99. The molecule has 1 rings (SSSR count). The number of carbonyl (C=O) groups is 2. The quantitative estimate of drug-likeness (QED) is 0.576. The van der Waals surface area contributed by atoms with Crippen LogP contribution in [0.3, 0.4) is 0 Å². The summed E-state index contributed by atoms with van der Waals surface area (Å²) in [6.07, 6.45) is -6.53. The van der Waals surface area contributed by atoms with Crippen molar-refractivity contribution in [1.82, 2.24) is 4.90 Å². The molecular formula is C12H15F3N2O4. The lowest BCUT2D eigenvalue weighted by Crippen LogP contribution is -2.48. The maximum atomic E-state index is 13.2. The SMILES string of the molecule is CCOC(=O)[C@@]1(C(F)(F)F)[C@@H](C#N)N1C(=O)OC(C)(C)C. The summed E-state index contributed by atoms with van der Waals surface area (Å²) in [6.45, 7) is 5.38. The van der Waals surface area contributed by atoms with Gasteiger partial charge in [0.05, 0.1) is 12.7 Å². The molecule has 1 aliphatic rings. The Kier molecular flexibility index (Phi) is 4.14. The van der Waals surface area contributed by atoms with Crippen LogP contribution in [0.4, 0.5) is 18.0 Å². The lowest BCUT2D eigenvalue weighted by molar-refractivity contribution is -0.194. The van der Waals surface area contributed by atoms with E-state index in [0.717, 1.165) is 0 Å². The van der Waals surface area contributed by atoms with E-state index in [1.54, 1.807) is 0 Å². The molecule has 0 saturated carbocycles. The van der Waals surface area contributed by atoms with E-state index in [0.29, 0.717) is 0 Å². The molecule has 0 aromatic heterocycles. The fourth-order valence-corrected chi connectivity index (χ4v) is 1.86. The Balaban J connectivity index is 3.18. The fraction of sp³-hybridized carbons (Fsp3) is 0.750. The van der Waals surface area contributed by atoms with E-state index in [-0.39, 0.29) is 11.5 Å². The topological polar surface area (TPSA) is 79.4 Å². The molecule has 1 amide bonds. The van der Waals surface area contributed by atoms with Crippen LogP contribution in [0.15, 0.2) is 0 Å². The Bertz CT molecular complexity index is 492. The maximum absolute atomic E-state index is 13.2. The van der Waals surface area contributed by atoms with E-state index in [1.165, 1.54) is 33.8 Å². The first-order valence-corrected chi connectivity index (χ1v) is 6.09. The lowest BCUT2D eigenvalue weighted by Gasteiger charge is -2.22. The van der Waals surface area contributed by atoms with Gasteiger partial charge < -0.3 is 9.47 Å². The molecule has 0 bridgehead atoms. The summed E-state index contributed by atoms with van der Waals surface area (Å²) in [7, 11) is 0. The number of nitriles is 1. The monoisotopic (exact) mass is 308 g/mol. The van der Waals surface area contributed by atoms with Crippen molar-refractivity contribution in [2.75, 3.05) is 6.61 Å². The number of rotatable bonds is 2. The molecule has 6 nitrogen and oxygen atoms in total. The number of amides is 1. The summed E-state index contributed by atoms with van der Waals surface area (Å²) in [5.74, 6) is -1.69. The van der Waals surface area contributed by atoms with Gasteiger partial charge in [0.15, 0.2) is 6.04 Å². The standard InChI is InChI=1S/C12H15F3N2O4/c1-5-20-8(18)11(12(13,14)15)7(6-16)17(11)9(19)21-10(2,3)4/h7H,5H2,1-4H3/t7-,11-,17?/m1/s1. The summed E-state index contributed by atoms with van der Waals surface area (Å²) in [5.41, 5.74) is -4.36. The van der Waals surface area contributed by atoms with Gasteiger partial charge in [0.2, 0.25) is 0 Å². The first kappa shape index (κ1) is 17.1. The second kappa shape index (κ2) is 5.09. The second-order valence-electron chi connectivity index (χ2n) is 5.37. The summed E-state index contributed by atoms with van der Waals surface area (Å²) >= 11 is 0. The Hall–Kier alpha value is -1.98. The van der Waals surface area contributed by atoms with Gasteiger partial charge in [-0.15, -0.1) is 0 Å². The van der Waals surface area contributed by atoms with E-state index >= 15 is 0 Å². The van der Waals surface area contributed by atoms with Crippen LogP contribution in [0.5, 0.6) is 0 Å². The number of hydrogen-bond donors (Lipinski definition) is 0. The van der Waals surface area contributed by atoms with Crippen molar-refractivity contribution in [3.63, 3.8) is 0 Å². The number of halogens is 3. The average molecular weight is 308 g/mol. The van der Waals surface area contributed by atoms with Crippen LogP contribution >= 0.6 is 0 Å². The molecule has 118 valence electrons. The van der Waals surface area contributed by atoms with Gasteiger partial charge in [-0.3, -0.25) is 4.90 Å². The number of nitrogens with zero attached hydrogens (tertiary/aromatic N) is 2. The van der Waals surface area contributed by atoms with Crippen molar-refractivity contribution in [3.05, 3.63) is 0 Å². The van der Waals surface area contributed by atoms with Gasteiger partial charge in [0, 0.05) is 0 Å². The van der Waals surface area contributed by atoms with Crippen LogP contribution in [0.2, 0.25) is 0 Å². The molecule has 0 unspecified atom stereocenters. The summed E-state index contributed by atoms with van der Waals surface area (Å²) in [6, 6.07) is -0.697. The smallest absolute Gasteiger partial charge is 0.426 e. The molecule has 1 aliphatic heterocycles. The predicted molar refractivity (Wildman–Crippen MR) is 62.9 cm³/mol. The molecule has 21 heavy (non-hydrogen) atoms. The van der Waals surface area contributed by atoms with Crippen molar-refractivity contribution in [2.24, 2.45) is 0 Å². The Morgan fingerprint density at radius 2 is 1.86 bits per heavy atom. The molecule has 1 saturated heterocycles. The third-order valence-electron chi connectivity index (χ3n) is 2.70. The highest BCUT2D eigenvalue weighted by Crippen LogP contribution is 2.53. The largest absolute Gasteiger partial charge is 0.464 e. The van der Waals surface area contributed by atoms with E-state index < -0.39 is 35.4 Å². The van der Waals surface area contributed by atoms with Gasteiger partial charge >= 0.3 is 18.2 Å². The van der Waals surface area contributed by atoms with Gasteiger partial charge in [-0.05, 0) is 27.7 Å². The molecular weight excluding hydrogens is 293 g/mol. The second-order valence-corrected chi connectivity index (χ2v) is 5.37. The highest BCUT2D eigenvalue weighted by atomic mass is 19.4. The van der Waals surface area contributed by atoms with Crippen LogP contribution in [0.25, 0.3) is 0 Å². The van der Waals surface area contributed by atoms with Crippen molar-refractivity contribution in [2.45, 2.75) is 51.1 Å². The molecule has 1 fully saturated rings. The van der Waals surface area contributed by atoms with Crippen LogP contribution in [0.1, 0.15) is 27.7 Å². The van der Waals surface area contributed by atoms with E-state index in [9.17, 15) is 22.8 Å². The molecule has 0 N–H and O–H groups in total. The van der Waals surface area contributed by atoms with Gasteiger partial charge in [-0.1, -0.05) is 0 Å². The highest BCUT2D eigenvalue weighted by molar-refractivity contribution is 5.95. The van der Waals surface area contributed by atoms with Gasteiger partial charge in [0.1, 0.15) is 5.60 Å². The van der Waals surface area contributed by atoms with E-state index in [4.69, 9.17) is 10.00 Å². The minimum Gasteiger partial charge on any atom is -0.464 e. The summed E-state index contributed by atoms with van der Waals surface area (Å²) < 4.78 is 48.9. The average Bonchev–Trinajstić information content (AvgIpc) is 2.96. The molecule has 0 aromatic rings. The Morgan fingerprint density at radius 1 is 1.33 bits per heavy atom. The fourth-order valence-electron chi connectivity index (χ4n) is 1.86. The minimum absolute atomic E-state index is 0.0657. The molecule has 0 radical (unpaired) electrons. The first-order valence-electron chi connectivity index (χ1n) is 6.09. The minimum atomic E-state index is -5.14. The number of ether oxygens (including phenoxy) is 2. The zero-order valence-corrected chi connectivity index (χ0v) is 11.9.